The fourth-order valence-electron chi connectivity index (χ4n) is 1.79. The molecule has 0 unspecified atom stereocenters. The zero-order valence-electron chi connectivity index (χ0n) is 10.3. The first-order chi connectivity index (χ1) is 10.1. The number of carbonyl (C=O) groups is 1. The Bertz CT molecular complexity index is 805. The minimum Gasteiger partial charge on any atom is -0.478 e. The van der Waals surface area contributed by atoms with Crippen molar-refractivity contribution in [3.63, 3.8) is 0 Å². The molecule has 0 radical (unpaired) electrons. The fraction of sp³-hybridized carbons (Fsp3) is 0. The van der Waals surface area contributed by atoms with Crippen LogP contribution in [0.15, 0.2) is 40.3 Å². The van der Waals surface area contributed by atoms with Gasteiger partial charge in [0.15, 0.2) is 5.76 Å². The van der Waals surface area contributed by atoms with Gasteiger partial charge >= 0.3 is 5.97 Å². The Balaban J connectivity index is 2.02. The molecule has 1 N–H and O–H groups in total. The van der Waals surface area contributed by atoms with Crippen molar-refractivity contribution < 1.29 is 23.1 Å². The number of hydrogen-bond acceptors (Lipinski definition) is 4. The smallest absolute Gasteiger partial charge is 0.338 e. The Hall–Kier alpha value is -2.54. The summed E-state index contributed by atoms with van der Waals surface area (Å²) in [5.41, 5.74) is 0.0977. The van der Waals surface area contributed by atoms with Crippen molar-refractivity contribution in [3.05, 3.63) is 53.1 Å². The third kappa shape index (κ3) is 2.43. The van der Waals surface area contributed by atoms with Crippen molar-refractivity contribution in [1.82, 2.24) is 4.98 Å². The van der Waals surface area contributed by atoms with Crippen LogP contribution in [0.2, 0.25) is 0 Å². The number of aromatic carboxylic acids is 1. The Morgan fingerprint density at radius 2 is 2.00 bits per heavy atom. The third-order valence-corrected chi connectivity index (χ3v) is 3.64. The van der Waals surface area contributed by atoms with Gasteiger partial charge < -0.3 is 9.52 Å². The molecule has 21 heavy (non-hydrogen) atoms. The van der Waals surface area contributed by atoms with Crippen molar-refractivity contribution in [2.75, 3.05) is 0 Å². The summed E-state index contributed by atoms with van der Waals surface area (Å²) in [5, 5.41) is 10.5. The highest BCUT2D eigenvalue weighted by molar-refractivity contribution is 7.13. The largest absolute Gasteiger partial charge is 0.478 e. The molecule has 2 heterocycles. The van der Waals surface area contributed by atoms with Crippen LogP contribution in [0.25, 0.3) is 22.0 Å². The van der Waals surface area contributed by atoms with E-state index in [1.54, 1.807) is 5.38 Å². The van der Waals surface area contributed by atoms with Crippen molar-refractivity contribution >= 4 is 17.3 Å². The van der Waals surface area contributed by atoms with Crippen LogP contribution in [0.3, 0.4) is 0 Å². The molecule has 0 aliphatic carbocycles. The lowest BCUT2D eigenvalue weighted by molar-refractivity contribution is 0.0696. The topological polar surface area (TPSA) is 63.3 Å². The standard InChI is InChI=1S/C14H7F2NO3S/c15-8-2-1-3-9(16)12(8)13-17-10(6-21-13)11-4-7(5-20-11)14(18)19/h1-6H,(H,18,19). The molecule has 0 atom stereocenters. The summed E-state index contributed by atoms with van der Waals surface area (Å²) in [6.07, 6.45) is 1.08. The number of benzene rings is 1. The van der Waals surface area contributed by atoms with Crippen LogP contribution >= 0.6 is 11.3 Å². The second-order valence-electron chi connectivity index (χ2n) is 4.14. The van der Waals surface area contributed by atoms with Crippen LogP contribution in [0, 0.1) is 11.6 Å². The number of thiazole rings is 1. The van der Waals surface area contributed by atoms with Gasteiger partial charge in [-0.2, -0.15) is 0 Å². The normalized spacial score (nSPS) is 10.8. The predicted molar refractivity (Wildman–Crippen MR) is 72.1 cm³/mol. The molecule has 106 valence electrons. The second kappa shape index (κ2) is 5.10. The molecule has 2 aromatic heterocycles. The molecule has 0 bridgehead atoms. The van der Waals surface area contributed by atoms with Gasteiger partial charge in [0.2, 0.25) is 0 Å². The number of aromatic nitrogens is 1. The molecular formula is C14H7F2NO3S. The molecule has 7 heteroatoms. The van der Waals surface area contributed by atoms with E-state index in [4.69, 9.17) is 9.52 Å². The molecule has 1 aromatic carbocycles. The van der Waals surface area contributed by atoms with E-state index in [2.05, 4.69) is 4.98 Å². The van der Waals surface area contributed by atoms with E-state index in [1.807, 2.05) is 0 Å². The summed E-state index contributed by atoms with van der Waals surface area (Å²) < 4.78 is 32.5. The summed E-state index contributed by atoms with van der Waals surface area (Å²) in [6.45, 7) is 0. The van der Waals surface area contributed by atoms with Gasteiger partial charge in [-0.1, -0.05) is 6.07 Å². The predicted octanol–water partition coefficient (Wildman–Crippen LogP) is 4.05. The molecule has 0 aliphatic heterocycles. The van der Waals surface area contributed by atoms with Gasteiger partial charge in [0.1, 0.15) is 28.6 Å². The third-order valence-electron chi connectivity index (χ3n) is 2.78. The molecule has 3 aromatic rings. The van der Waals surface area contributed by atoms with E-state index in [0.29, 0.717) is 5.69 Å². The molecule has 0 spiro atoms. The molecular weight excluding hydrogens is 300 g/mol. The molecule has 0 amide bonds. The molecule has 4 nitrogen and oxygen atoms in total. The fourth-order valence-corrected chi connectivity index (χ4v) is 2.64. The van der Waals surface area contributed by atoms with Crippen LogP contribution in [0.5, 0.6) is 0 Å². The lowest BCUT2D eigenvalue weighted by atomic mass is 10.2. The first-order valence-corrected chi connectivity index (χ1v) is 6.66. The SMILES string of the molecule is O=C(O)c1coc(-c2csc(-c3c(F)cccc3F)n2)c1. The number of hydrogen-bond donors (Lipinski definition) is 1. The summed E-state index contributed by atoms with van der Waals surface area (Å²) in [4.78, 5) is 14.9. The van der Waals surface area contributed by atoms with Gasteiger partial charge in [-0.05, 0) is 12.1 Å². The van der Waals surface area contributed by atoms with E-state index in [9.17, 15) is 13.6 Å². The van der Waals surface area contributed by atoms with E-state index < -0.39 is 17.6 Å². The Kier molecular flexibility index (Phi) is 3.26. The average molecular weight is 307 g/mol. The number of carboxylic acids is 1. The van der Waals surface area contributed by atoms with E-state index in [-0.39, 0.29) is 21.9 Å². The Morgan fingerprint density at radius 3 is 2.62 bits per heavy atom. The highest BCUT2D eigenvalue weighted by Crippen LogP contribution is 2.32. The van der Waals surface area contributed by atoms with Crippen LogP contribution in [0.4, 0.5) is 8.78 Å². The van der Waals surface area contributed by atoms with Crippen molar-refractivity contribution in [1.29, 1.82) is 0 Å². The average Bonchev–Trinajstić information content (AvgIpc) is 3.07. The lowest BCUT2D eigenvalue weighted by Crippen LogP contribution is -1.91. The maximum absolute atomic E-state index is 13.7. The number of carboxylic acid groups (broad SMARTS) is 1. The van der Waals surface area contributed by atoms with E-state index in [1.165, 1.54) is 12.1 Å². The van der Waals surface area contributed by atoms with Crippen LogP contribution in [0.1, 0.15) is 10.4 Å². The summed E-state index contributed by atoms with van der Waals surface area (Å²) in [5.74, 6) is -2.31. The Labute approximate surface area is 121 Å². The number of halogens is 2. The van der Waals surface area contributed by atoms with Gasteiger partial charge in [0.25, 0.3) is 0 Å². The van der Waals surface area contributed by atoms with Crippen LogP contribution in [-0.2, 0) is 0 Å². The zero-order valence-corrected chi connectivity index (χ0v) is 11.2. The molecule has 0 aliphatic rings. The number of rotatable bonds is 3. The van der Waals surface area contributed by atoms with Crippen molar-refractivity contribution in [2.45, 2.75) is 0 Å². The molecule has 0 fully saturated rings. The zero-order chi connectivity index (χ0) is 15.0. The number of furan rings is 1. The van der Waals surface area contributed by atoms with Crippen LogP contribution in [-0.4, -0.2) is 16.1 Å². The maximum Gasteiger partial charge on any atom is 0.338 e. The first kappa shape index (κ1) is 13.4. The van der Waals surface area contributed by atoms with Crippen molar-refractivity contribution in [2.24, 2.45) is 0 Å². The van der Waals surface area contributed by atoms with Gasteiger partial charge in [-0.25, -0.2) is 18.6 Å². The van der Waals surface area contributed by atoms with Gasteiger partial charge in [0, 0.05) is 11.4 Å². The Morgan fingerprint density at radius 1 is 1.29 bits per heavy atom. The molecule has 0 saturated carbocycles. The number of nitrogens with zero attached hydrogens (tertiary/aromatic N) is 1. The minimum absolute atomic E-state index is 0.0170. The van der Waals surface area contributed by atoms with Gasteiger partial charge in [-0.3, -0.25) is 0 Å². The first-order valence-electron chi connectivity index (χ1n) is 5.78. The van der Waals surface area contributed by atoms with Crippen molar-refractivity contribution in [3.8, 4) is 22.0 Å². The highest BCUT2D eigenvalue weighted by Gasteiger charge is 2.17. The summed E-state index contributed by atoms with van der Waals surface area (Å²) in [7, 11) is 0. The summed E-state index contributed by atoms with van der Waals surface area (Å²) in [6, 6.07) is 4.87. The van der Waals surface area contributed by atoms with E-state index in [0.717, 1.165) is 29.7 Å². The lowest BCUT2D eigenvalue weighted by Gasteiger charge is -1.99. The van der Waals surface area contributed by atoms with E-state index >= 15 is 0 Å². The quantitative estimate of drug-likeness (QED) is 0.793. The van der Waals surface area contributed by atoms with Gasteiger partial charge in [-0.15, -0.1) is 11.3 Å². The van der Waals surface area contributed by atoms with Gasteiger partial charge in [0.05, 0.1) is 11.1 Å². The monoisotopic (exact) mass is 307 g/mol. The highest BCUT2D eigenvalue weighted by atomic mass is 32.1. The molecule has 0 saturated heterocycles. The second-order valence-corrected chi connectivity index (χ2v) is 5.00. The maximum atomic E-state index is 13.7. The van der Waals surface area contributed by atoms with Crippen LogP contribution < -0.4 is 0 Å². The molecule has 3 rings (SSSR count). The summed E-state index contributed by atoms with van der Waals surface area (Å²) >= 11 is 1.04. The minimum atomic E-state index is -1.12.